The average molecular weight is 511 g/mol. The highest BCUT2D eigenvalue weighted by atomic mass is 16.7. The second-order valence-corrected chi connectivity index (χ2v) is 7.74. The van der Waals surface area contributed by atoms with Crippen LogP contribution in [0.1, 0.15) is 32.5 Å². The maximum absolute atomic E-state index is 12.7. The van der Waals surface area contributed by atoms with Crippen LogP contribution < -0.4 is 34.3 Å². The monoisotopic (exact) mass is 510 g/mol. The summed E-state index contributed by atoms with van der Waals surface area (Å²) in [4.78, 5) is 25.4. The molecule has 1 aliphatic rings. The average Bonchev–Trinajstić information content (AvgIpc) is 3.59. The Morgan fingerprint density at radius 2 is 1.86 bits per heavy atom. The molecule has 0 fully saturated rings. The molecule has 3 aromatic rings. The van der Waals surface area contributed by atoms with Gasteiger partial charge in [-0.1, -0.05) is 11.3 Å². The number of ether oxygens (including phenoxy) is 5. The van der Waals surface area contributed by atoms with Gasteiger partial charge >= 0.3 is 0 Å². The Balaban J connectivity index is 1.34. The Morgan fingerprint density at radius 3 is 2.59 bits per heavy atom. The van der Waals surface area contributed by atoms with Crippen molar-refractivity contribution >= 4 is 18.0 Å². The van der Waals surface area contributed by atoms with E-state index in [-0.39, 0.29) is 42.8 Å². The largest absolute Gasteiger partial charge is 0.493 e. The highest BCUT2D eigenvalue weighted by Crippen LogP contribution is 2.39. The fraction of sp³-hybridized carbons (Fsp3) is 0.292. The van der Waals surface area contributed by atoms with Crippen LogP contribution in [-0.4, -0.2) is 67.7 Å². The first-order chi connectivity index (χ1) is 18.0. The van der Waals surface area contributed by atoms with Gasteiger partial charge < -0.3 is 39.7 Å². The third kappa shape index (κ3) is 5.39. The molecule has 2 heterocycles. The van der Waals surface area contributed by atoms with Gasteiger partial charge in [0.1, 0.15) is 0 Å². The van der Waals surface area contributed by atoms with Crippen molar-refractivity contribution in [2.75, 3.05) is 34.7 Å². The molecule has 13 heteroatoms. The van der Waals surface area contributed by atoms with Gasteiger partial charge in [0.2, 0.25) is 12.5 Å². The number of nitrogens with one attached hydrogen (secondary N) is 3. The fourth-order valence-electron chi connectivity index (χ4n) is 3.71. The van der Waals surface area contributed by atoms with Crippen molar-refractivity contribution in [3.05, 3.63) is 53.3 Å². The molecular formula is C24H26N6O7. The Bertz CT molecular complexity index is 1310. The van der Waals surface area contributed by atoms with E-state index in [2.05, 4.69) is 20.9 Å². The van der Waals surface area contributed by atoms with Gasteiger partial charge in [0.05, 0.1) is 45.7 Å². The first kappa shape index (κ1) is 25.3. The van der Waals surface area contributed by atoms with Crippen molar-refractivity contribution in [3.63, 3.8) is 0 Å². The van der Waals surface area contributed by atoms with Gasteiger partial charge in [-0.3, -0.25) is 9.59 Å². The summed E-state index contributed by atoms with van der Waals surface area (Å²) in [7, 11) is 4.39. The maximum Gasteiger partial charge on any atom is 0.274 e. The summed E-state index contributed by atoms with van der Waals surface area (Å²) >= 11 is 0. The van der Waals surface area contributed by atoms with Crippen LogP contribution in [0, 0.1) is 5.41 Å². The van der Waals surface area contributed by atoms with Crippen LogP contribution in [0.4, 0.5) is 0 Å². The summed E-state index contributed by atoms with van der Waals surface area (Å²) in [5, 5.41) is 21.1. The van der Waals surface area contributed by atoms with Crippen molar-refractivity contribution < 1.29 is 33.3 Å². The summed E-state index contributed by atoms with van der Waals surface area (Å²) in [5.41, 5.74) is 1.01. The molecule has 0 radical (unpaired) electrons. The lowest BCUT2D eigenvalue weighted by Gasteiger charge is -2.15. The van der Waals surface area contributed by atoms with E-state index in [1.807, 2.05) is 0 Å². The van der Waals surface area contributed by atoms with E-state index in [4.69, 9.17) is 29.1 Å². The minimum Gasteiger partial charge on any atom is -0.493 e. The Kier molecular flexibility index (Phi) is 7.71. The SMILES string of the molecule is COc1ccc(C(=O)NCCn2cc(C(=O)NC(C=N)c3ccc4c(c3)OCO4)nn2)c(OC)c1OC. The summed E-state index contributed by atoms with van der Waals surface area (Å²) in [6, 6.07) is 7.68. The predicted octanol–water partition coefficient (Wildman–Crippen LogP) is 1.58. The van der Waals surface area contributed by atoms with Gasteiger partial charge in [-0.25, -0.2) is 4.68 Å². The third-order valence-corrected chi connectivity index (χ3v) is 5.56. The number of methoxy groups -OCH3 is 3. The molecule has 0 bridgehead atoms. The topological polar surface area (TPSA) is 159 Å². The van der Waals surface area contributed by atoms with Crippen molar-refractivity contribution in [3.8, 4) is 28.7 Å². The van der Waals surface area contributed by atoms with E-state index < -0.39 is 11.9 Å². The number of benzene rings is 2. The minimum absolute atomic E-state index is 0.0699. The van der Waals surface area contributed by atoms with Crippen LogP contribution in [0.3, 0.4) is 0 Å². The zero-order valence-corrected chi connectivity index (χ0v) is 20.4. The lowest BCUT2D eigenvalue weighted by molar-refractivity contribution is 0.0935. The van der Waals surface area contributed by atoms with Crippen molar-refractivity contribution in [1.82, 2.24) is 25.6 Å². The van der Waals surface area contributed by atoms with E-state index >= 15 is 0 Å². The number of amides is 2. The molecule has 0 saturated heterocycles. The molecule has 2 amide bonds. The molecule has 194 valence electrons. The molecule has 13 nitrogen and oxygen atoms in total. The standard InChI is InChI=1S/C24H26N6O7/c1-33-19-7-5-15(21(34-2)22(19)35-3)23(31)26-8-9-30-12-17(28-29-30)24(32)27-16(11-25)14-4-6-18-20(10-14)37-13-36-18/h4-7,10-12,16,25H,8-9,13H2,1-3H3,(H,26,31)(H,27,32). The van der Waals surface area contributed by atoms with Crippen molar-refractivity contribution in [2.24, 2.45) is 0 Å². The van der Waals surface area contributed by atoms with Crippen molar-refractivity contribution in [1.29, 1.82) is 5.41 Å². The van der Waals surface area contributed by atoms with Crippen LogP contribution in [-0.2, 0) is 6.54 Å². The molecule has 0 aliphatic carbocycles. The lowest BCUT2D eigenvalue weighted by atomic mass is 10.1. The summed E-state index contributed by atoms with van der Waals surface area (Å²) < 4.78 is 28.0. The molecular weight excluding hydrogens is 484 g/mol. The van der Waals surface area contributed by atoms with Crippen LogP contribution in [0.25, 0.3) is 0 Å². The number of hydrogen-bond acceptors (Lipinski definition) is 10. The molecule has 0 saturated carbocycles. The molecule has 1 aromatic heterocycles. The number of carbonyl (C=O) groups excluding carboxylic acids is 2. The third-order valence-electron chi connectivity index (χ3n) is 5.56. The van der Waals surface area contributed by atoms with Gasteiger partial charge in [-0.2, -0.15) is 0 Å². The number of aromatic nitrogens is 3. The van der Waals surface area contributed by atoms with E-state index in [1.165, 1.54) is 32.2 Å². The van der Waals surface area contributed by atoms with Crippen LogP contribution in [0.15, 0.2) is 36.5 Å². The summed E-state index contributed by atoms with van der Waals surface area (Å²) in [5.74, 6) is 1.28. The number of nitrogens with zero attached hydrogens (tertiary/aromatic N) is 3. The van der Waals surface area contributed by atoms with Gasteiger partial charge in [-0.15, -0.1) is 5.10 Å². The second-order valence-electron chi connectivity index (χ2n) is 7.74. The summed E-state index contributed by atoms with van der Waals surface area (Å²) in [6.45, 7) is 0.602. The number of rotatable bonds is 11. The molecule has 1 atom stereocenters. The normalized spacial score (nSPS) is 12.4. The number of hydrogen-bond donors (Lipinski definition) is 3. The summed E-state index contributed by atoms with van der Waals surface area (Å²) in [6.07, 6.45) is 2.57. The van der Waals surface area contributed by atoms with Crippen LogP contribution in [0.2, 0.25) is 0 Å². The zero-order chi connectivity index (χ0) is 26.4. The first-order valence-electron chi connectivity index (χ1n) is 11.2. The highest BCUT2D eigenvalue weighted by Gasteiger charge is 2.22. The molecule has 37 heavy (non-hydrogen) atoms. The predicted molar refractivity (Wildman–Crippen MR) is 130 cm³/mol. The Morgan fingerprint density at radius 1 is 1.08 bits per heavy atom. The molecule has 4 rings (SSSR count). The van der Waals surface area contributed by atoms with Crippen LogP contribution in [0.5, 0.6) is 28.7 Å². The fourth-order valence-corrected chi connectivity index (χ4v) is 3.71. The molecule has 3 N–H and O–H groups in total. The minimum atomic E-state index is -0.692. The second kappa shape index (κ2) is 11.3. The molecule has 1 aliphatic heterocycles. The quantitative estimate of drug-likeness (QED) is 0.326. The van der Waals surface area contributed by atoms with Gasteiger partial charge in [0.25, 0.3) is 11.8 Å². The van der Waals surface area contributed by atoms with Crippen molar-refractivity contribution in [2.45, 2.75) is 12.6 Å². The van der Waals surface area contributed by atoms with Gasteiger partial charge in [0.15, 0.2) is 28.7 Å². The van der Waals surface area contributed by atoms with Gasteiger partial charge in [0, 0.05) is 12.8 Å². The molecule has 2 aromatic carbocycles. The van der Waals surface area contributed by atoms with Gasteiger partial charge in [-0.05, 0) is 29.8 Å². The van der Waals surface area contributed by atoms with E-state index in [0.29, 0.717) is 28.6 Å². The zero-order valence-electron chi connectivity index (χ0n) is 20.4. The molecule has 1 unspecified atom stereocenters. The molecule has 0 spiro atoms. The van der Waals surface area contributed by atoms with Crippen LogP contribution >= 0.6 is 0 Å². The number of carbonyl (C=O) groups is 2. The number of fused-ring (bicyclic) bond motifs is 1. The van der Waals surface area contributed by atoms with E-state index in [9.17, 15) is 9.59 Å². The van der Waals surface area contributed by atoms with E-state index in [1.54, 1.807) is 30.3 Å². The van der Waals surface area contributed by atoms with E-state index in [0.717, 1.165) is 6.21 Å². The lowest BCUT2D eigenvalue weighted by Crippen LogP contribution is -2.29. The smallest absolute Gasteiger partial charge is 0.274 e. The highest BCUT2D eigenvalue weighted by molar-refractivity contribution is 5.98. The first-order valence-corrected chi connectivity index (χ1v) is 11.2. The Hall–Kier alpha value is -4.81. The Labute approximate surface area is 212 Å². The maximum atomic E-state index is 12.7.